The Bertz CT molecular complexity index is 552. The van der Waals surface area contributed by atoms with Crippen molar-refractivity contribution >= 4 is 5.78 Å². The lowest BCUT2D eigenvalue weighted by molar-refractivity contribution is -0.127. The number of ketones is 1. The summed E-state index contributed by atoms with van der Waals surface area (Å²) in [4.78, 5) is 12.2. The average molecular weight is 316 g/mol. The van der Waals surface area contributed by atoms with Crippen LogP contribution in [0.4, 0.5) is 0 Å². The molecular formula is C21H33NO. The van der Waals surface area contributed by atoms with E-state index in [4.69, 9.17) is 5.73 Å². The molecule has 0 spiro atoms. The Morgan fingerprint density at radius 1 is 1.09 bits per heavy atom. The molecule has 2 heteroatoms. The van der Waals surface area contributed by atoms with Gasteiger partial charge in [0.15, 0.2) is 0 Å². The van der Waals surface area contributed by atoms with Gasteiger partial charge in [0.05, 0.1) is 0 Å². The maximum Gasteiger partial charge on any atom is 0.133 e. The van der Waals surface area contributed by atoms with E-state index in [1.165, 1.54) is 38.5 Å². The zero-order valence-corrected chi connectivity index (χ0v) is 15.1. The topological polar surface area (TPSA) is 43.1 Å². The molecule has 7 unspecified atom stereocenters. The number of rotatable bonds is 1. The van der Waals surface area contributed by atoms with Crippen molar-refractivity contribution in [3.05, 3.63) is 11.6 Å². The van der Waals surface area contributed by atoms with E-state index in [0.717, 1.165) is 30.6 Å². The van der Waals surface area contributed by atoms with E-state index in [9.17, 15) is 4.79 Å². The molecule has 0 amide bonds. The summed E-state index contributed by atoms with van der Waals surface area (Å²) < 4.78 is 0. The molecule has 0 aromatic carbocycles. The van der Waals surface area contributed by atoms with Gasteiger partial charge in [-0.05, 0) is 86.9 Å². The number of Topliss-reactive ketones (excluding diaryl/α,β-unsaturated/α-hetero) is 1. The molecule has 2 N–H and O–H groups in total. The summed E-state index contributed by atoms with van der Waals surface area (Å²) in [5.41, 5.74) is 8.57. The first-order valence-corrected chi connectivity index (χ1v) is 9.83. The van der Waals surface area contributed by atoms with E-state index in [1.807, 2.05) is 6.92 Å². The maximum atomic E-state index is 12.2. The molecule has 2 nitrogen and oxygen atoms in total. The molecule has 128 valence electrons. The molecule has 0 aromatic heterocycles. The Morgan fingerprint density at radius 2 is 1.87 bits per heavy atom. The van der Waals surface area contributed by atoms with E-state index >= 15 is 0 Å². The predicted octanol–water partition coefficient (Wildman–Crippen LogP) is 4.48. The quantitative estimate of drug-likeness (QED) is 0.725. The molecule has 4 rings (SSSR count). The van der Waals surface area contributed by atoms with E-state index in [1.54, 1.807) is 5.57 Å². The maximum absolute atomic E-state index is 12.2. The molecule has 0 aromatic rings. The number of nitrogens with two attached hydrogens (primary N) is 1. The van der Waals surface area contributed by atoms with Crippen LogP contribution in [0.25, 0.3) is 0 Å². The smallest absolute Gasteiger partial charge is 0.133 e. The van der Waals surface area contributed by atoms with Gasteiger partial charge in [-0.2, -0.15) is 0 Å². The van der Waals surface area contributed by atoms with Crippen LogP contribution >= 0.6 is 0 Å². The fourth-order valence-electron chi connectivity index (χ4n) is 7.42. The second-order valence-electron chi connectivity index (χ2n) is 9.51. The summed E-state index contributed by atoms with van der Waals surface area (Å²) in [6.07, 6.45) is 12.4. The summed E-state index contributed by atoms with van der Waals surface area (Å²) in [6, 6.07) is 0.289. The minimum Gasteiger partial charge on any atom is -0.324 e. The SMILES string of the molecule is CC(=O)C1CCC2C3CCC4=CC(N)CCC4(C)C3CCC12C. The molecule has 3 fully saturated rings. The highest BCUT2D eigenvalue weighted by Crippen LogP contribution is 2.66. The van der Waals surface area contributed by atoms with E-state index in [2.05, 4.69) is 19.9 Å². The number of carbonyl (C=O) groups excluding carboxylic acids is 1. The van der Waals surface area contributed by atoms with Gasteiger partial charge >= 0.3 is 0 Å². The molecule has 3 saturated carbocycles. The van der Waals surface area contributed by atoms with Crippen molar-refractivity contribution in [2.45, 2.75) is 78.2 Å². The normalized spacial score (nSPS) is 52.2. The van der Waals surface area contributed by atoms with Crippen molar-refractivity contribution in [3.63, 3.8) is 0 Å². The zero-order chi connectivity index (χ0) is 16.4. The molecule has 0 aliphatic heterocycles. The summed E-state index contributed by atoms with van der Waals surface area (Å²) in [5.74, 6) is 3.23. The standard InChI is InChI=1S/C21H33NO/c1-13(23)17-6-7-18-16-5-4-14-12-15(22)8-10-20(14,2)19(16)9-11-21(17,18)3/h12,15-19H,4-11,22H2,1-3H3. The molecule has 0 heterocycles. The Labute approximate surface area is 141 Å². The highest BCUT2D eigenvalue weighted by molar-refractivity contribution is 5.79. The van der Waals surface area contributed by atoms with E-state index in [-0.39, 0.29) is 11.5 Å². The second kappa shape index (κ2) is 5.18. The third-order valence-electron chi connectivity index (χ3n) is 8.64. The van der Waals surface area contributed by atoms with Gasteiger partial charge < -0.3 is 5.73 Å². The monoisotopic (exact) mass is 315 g/mol. The average Bonchev–Trinajstić information content (AvgIpc) is 2.85. The fourth-order valence-corrected chi connectivity index (χ4v) is 7.42. The largest absolute Gasteiger partial charge is 0.324 e. The van der Waals surface area contributed by atoms with Crippen LogP contribution in [-0.2, 0) is 4.79 Å². The van der Waals surface area contributed by atoms with Crippen molar-refractivity contribution in [2.24, 2.45) is 40.2 Å². The van der Waals surface area contributed by atoms with Gasteiger partial charge in [0, 0.05) is 12.0 Å². The Kier molecular flexibility index (Phi) is 3.58. The molecular weight excluding hydrogens is 282 g/mol. The molecule has 4 aliphatic carbocycles. The first kappa shape index (κ1) is 15.9. The minimum atomic E-state index is 0.287. The lowest BCUT2D eigenvalue weighted by Gasteiger charge is -2.58. The van der Waals surface area contributed by atoms with Gasteiger partial charge in [-0.1, -0.05) is 25.5 Å². The van der Waals surface area contributed by atoms with Crippen molar-refractivity contribution in [1.82, 2.24) is 0 Å². The Hall–Kier alpha value is -0.630. The van der Waals surface area contributed by atoms with Gasteiger partial charge in [-0.15, -0.1) is 0 Å². The molecule has 4 aliphatic rings. The van der Waals surface area contributed by atoms with Gasteiger partial charge in [0.25, 0.3) is 0 Å². The highest BCUT2D eigenvalue weighted by atomic mass is 16.1. The van der Waals surface area contributed by atoms with Crippen molar-refractivity contribution in [1.29, 1.82) is 0 Å². The highest BCUT2D eigenvalue weighted by Gasteiger charge is 2.59. The first-order valence-electron chi connectivity index (χ1n) is 9.83. The zero-order valence-electron chi connectivity index (χ0n) is 15.1. The van der Waals surface area contributed by atoms with Crippen LogP contribution in [-0.4, -0.2) is 11.8 Å². The molecule has 0 bridgehead atoms. The van der Waals surface area contributed by atoms with Crippen LogP contribution in [0.2, 0.25) is 0 Å². The number of allylic oxidation sites excluding steroid dienone is 1. The Balaban J connectivity index is 1.66. The number of carbonyl (C=O) groups is 1. The van der Waals surface area contributed by atoms with Crippen LogP contribution in [0, 0.1) is 34.5 Å². The molecule has 23 heavy (non-hydrogen) atoms. The number of fused-ring (bicyclic) bond motifs is 5. The summed E-state index contributed by atoms with van der Waals surface area (Å²) >= 11 is 0. The number of hydrogen-bond donors (Lipinski definition) is 1. The summed E-state index contributed by atoms with van der Waals surface area (Å²) in [6.45, 7) is 6.80. The van der Waals surface area contributed by atoms with Crippen LogP contribution in [0.3, 0.4) is 0 Å². The van der Waals surface area contributed by atoms with Crippen molar-refractivity contribution in [3.8, 4) is 0 Å². The van der Waals surface area contributed by atoms with Gasteiger partial charge in [-0.25, -0.2) is 0 Å². The fraction of sp³-hybridized carbons (Fsp3) is 0.857. The second-order valence-corrected chi connectivity index (χ2v) is 9.51. The molecule has 0 saturated heterocycles. The minimum absolute atomic E-state index is 0.287. The predicted molar refractivity (Wildman–Crippen MR) is 93.8 cm³/mol. The van der Waals surface area contributed by atoms with Gasteiger partial charge in [-0.3, -0.25) is 4.79 Å². The van der Waals surface area contributed by atoms with Crippen LogP contribution in [0.1, 0.15) is 72.1 Å². The first-order chi connectivity index (χ1) is 10.9. The number of hydrogen-bond acceptors (Lipinski definition) is 2. The summed E-state index contributed by atoms with van der Waals surface area (Å²) in [7, 11) is 0. The van der Waals surface area contributed by atoms with Crippen LogP contribution in [0.5, 0.6) is 0 Å². The van der Waals surface area contributed by atoms with Crippen LogP contribution < -0.4 is 5.73 Å². The molecule has 7 atom stereocenters. The van der Waals surface area contributed by atoms with Gasteiger partial charge in [0.2, 0.25) is 0 Å². The van der Waals surface area contributed by atoms with E-state index in [0.29, 0.717) is 17.1 Å². The van der Waals surface area contributed by atoms with Crippen LogP contribution in [0.15, 0.2) is 11.6 Å². The third-order valence-corrected chi connectivity index (χ3v) is 8.64. The Morgan fingerprint density at radius 3 is 2.61 bits per heavy atom. The third kappa shape index (κ3) is 2.13. The van der Waals surface area contributed by atoms with Crippen molar-refractivity contribution < 1.29 is 4.79 Å². The van der Waals surface area contributed by atoms with E-state index < -0.39 is 0 Å². The molecule has 0 radical (unpaired) electrons. The van der Waals surface area contributed by atoms with Crippen molar-refractivity contribution in [2.75, 3.05) is 0 Å². The van der Waals surface area contributed by atoms with Gasteiger partial charge in [0.1, 0.15) is 5.78 Å². The lowest BCUT2D eigenvalue weighted by Crippen LogP contribution is -2.51. The lowest BCUT2D eigenvalue weighted by atomic mass is 9.46. The summed E-state index contributed by atoms with van der Waals surface area (Å²) in [5, 5.41) is 0.